The topological polar surface area (TPSA) is 115 Å². The van der Waals surface area contributed by atoms with Gasteiger partial charge in [0.2, 0.25) is 0 Å². The average molecular weight is 423 g/mol. The van der Waals surface area contributed by atoms with Crippen molar-refractivity contribution in [3.8, 4) is 0 Å². The molecular weight excluding hydrogens is 384 g/mol. The fourth-order valence-electron chi connectivity index (χ4n) is 8.51. The molecule has 0 aliphatic heterocycles. The highest BCUT2D eigenvalue weighted by Crippen LogP contribution is 2.67. The number of hydrogen-bond acceptors (Lipinski definition) is 4. The number of aliphatic hydroxyl groups is 2. The maximum Gasteiger partial charge on any atom is 0.317 e. The molecule has 0 heterocycles. The van der Waals surface area contributed by atoms with Crippen molar-refractivity contribution >= 4 is 11.9 Å². The fraction of sp³-hybridized carbons (Fsp3) is 0.917. The summed E-state index contributed by atoms with van der Waals surface area (Å²) in [4.78, 5) is 22.6. The molecule has 0 saturated heterocycles. The largest absolute Gasteiger partial charge is 0.481 e. The number of carbonyl (C=O) groups is 2. The lowest BCUT2D eigenvalue weighted by molar-refractivity contribution is -0.172. The van der Waals surface area contributed by atoms with E-state index in [-0.39, 0.29) is 29.3 Å². The van der Waals surface area contributed by atoms with E-state index in [1.54, 1.807) is 0 Å². The molecule has 4 aliphatic rings. The van der Waals surface area contributed by atoms with Gasteiger partial charge in [-0.25, -0.2) is 0 Å². The zero-order chi connectivity index (χ0) is 21.8. The maximum absolute atomic E-state index is 11.4. The van der Waals surface area contributed by atoms with Gasteiger partial charge in [0.05, 0.1) is 12.2 Å². The lowest BCUT2D eigenvalue weighted by Gasteiger charge is -2.62. The van der Waals surface area contributed by atoms with Crippen LogP contribution in [0.5, 0.6) is 0 Å². The van der Waals surface area contributed by atoms with E-state index >= 15 is 0 Å². The van der Waals surface area contributed by atoms with Crippen molar-refractivity contribution in [1.29, 1.82) is 0 Å². The molecule has 0 aromatic rings. The van der Waals surface area contributed by atoms with E-state index in [1.807, 2.05) is 0 Å². The molecule has 4 saturated carbocycles. The first kappa shape index (κ1) is 22.1. The van der Waals surface area contributed by atoms with Gasteiger partial charge < -0.3 is 20.4 Å². The predicted octanol–water partition coefficient (Wildman–Crippen LogP) is 3.54. The summed E-state index contributed by atoms with van der Waals surface area (Å²) >= 11 is 0. The predicted molar refractivity (Wildman–Crippen MR) is 111 cm³/mol. The molecule has 9 atom stereocenters. The SMILES string of the molecule is CC12CC[C@@H](O)CC1CCC1C2C[C@H](O)C2(C)C(CCC(C(=O)O)C(=O)O)CCC12. The number of aliphatic hydroxyl groups excluding tert-OH is 2. The molecule has 0 amide bonds. The second-order valence-electron chi connectivity index (χ2n) is 11.3. The van der Waals surface area contributed by atoms with Crippen molar-refractivity contribution in [2.75, 3.05) is 0 Å². The second kappa shape index (κ2) is 7.77. The first-order chi connectivity index (χ1) is 14.1. The van der Waals surface area contributed by atoms with E-state index in [4.69, 9.17) is 0 Å². The van der Waals surface area contributed by atoms with Crippen molar-refractivity contribution in [3.05, 3.63) is 0 Å². The van der Waals surface area contributed by atoms with Crippen molar-refractivity contribution in [2.45, 2.75) is 90.3 Å². The molecule has 6 nitrogen and oxygen atoms in total. The van der Waals surface area contributed by atoms with Crippen LogP contribution in [0, 0.1) is 46.3 Å². The molecular formula is C24H38O6. The third-order valence-electron chi connectivity index (χ3n) is 10.3. The van der Waals surface area contributed by atoms with Gasteiger partial charge in [0.1, 0.15) is 0 Å². The summed E-state index contributed by atoms with van der Waals surface area (Å²) in [5.74, 6) is -1.68. The Morgan fingerprint density at radius 3 is 2.30 bits per heavy atom. The van der Waals surface area contributed by atoms with Crippen LogP contribution < -0.4 is 0 Å². The number of fused-ring (bicyclic) bond motifs is 5. The molecule has 4 fully saturated rings. The van der Waals surface area contributed by atoms with Crippen LogP contribution in [0.3, 0.4) is 0 Å². The van der Waals surface area contributed by atoms with E-state index in [0.717, 1.165) is 51.4 Å². The van der Waals surface area contributed by atoms with E-state index in [2.05, 4.69) is 13.8 Å². The lowest BCUT2D eigenvalue weighted by atomic mass is 9.44. The van der Waals surface area contributed by atoms with Crippen LogP contribution in [0.4, 0.5) is 0 Å². The summed E-state index contributed by atoms with van der Waals surface area (Å²) in [7, 11) is 0. The normalized spacial score (nSPS) is 48.0. The number of carboxylic acids is 2. The highest BCUT2D eigenvalue weighted by Gasteiger charge is 2.63. The van der Waals surface area contributed by atoms with E-state index in [0.29, 0.717) is 30.1 Å². The van der Waals surface area contributed by atoms with Gasteiger partial charge in [-0.1, -0.05) is 13.8 Å². The Kier molecular flexibility index (Phi) is 5.72. The lowest BCUT2D eigenvalue weighted by Crippen LogP contribution is -2.58. The Morgan fingerprint density at radius 1 is 0.933 bits per heavy atom. The Hall–Kier alpha value is -1.14. The van der Waals surface area contributed by atoms with Crippen LogP contribution in [0.1, 0.15) is 78.1 Å². The molecule has 0 aromatic carbocycles. The molecule has 4 N–H and O–H groups in total. The van der Waals surface area contributed by atoms with E-state index < -0.39 is 24.0 Å². The van der Waals surface area contributed by atoms with Gasteiger partial charge in [0.25, 0.3) is 0 Å². The van der Waals surface area contributed by atoms with E-state index in [1.165, 1.54) is 0 Å². The Morgan fingerprint density at radius 2 is 1.63 bits per heavy atom. The number of rotatable bonds is 5. The second-order valence-corrected chi connectivity index (χ2v) is 11.3. The van der Waals surface area contributed by atoms with Crippen molar-refractivity contribution < 1.29 is 30.0 Å². The third kappa shape index (κ3) is 3.29. The minimum Gasteiger partial charge on any atom is -0.481 e. The quantitative estimate of drug-likeness (QED) is 0.504. The minimum atomic E-state index is -1.36. The Balaban J connectivity index is 1.52. The molecule has 4 rings (SSSR count). The van der Waals surface area contributed by atoms with Gasteiger partial charge in [-0.05, 0) is 105 Å². The summed E-state index contributed by atoms with van der Waals surface area (Å²) in [6, 6.07) is 0. The van der Waals surface area contributed by atoms with Gasteiger partial charge in [0.15, 0.2) is 5.92 Å². The van der Waals surface area contributed by atoms with Gasteiger partial charge in [-0.2, -0.15) is 0 Å². The highest BCUT2D eigenvalue weighted by molar-refractivity contribution is 5.92. The minimum absolute atomic E-state index is 0.135. The van der Waals surface area contributed by atoms with Gasteiger partial charge in [-0.15, -0.1) is 0 Å². The molecule has 0 spiro atoms. The standard InChI is InChI=1S/C24H38O6/c1-23-10-9-15(25)11-14(23)4-6-16-18-8-5-13(3-7-17(21(27)28)22(29)30)24(18,2)20(26)12-19(16)23/h13-20,25-26H,3-12H2,1-2H3,(H,27,28)(H,29,30)/t13?,14?,15-,16?,18?,19?,20+,23?,24?/m1/s1. The van der Waals surface area contributed by atoms with Crippen LogP contribution in [0.2, 0.25) is 0 Å². The van der Waals surface area contributed by atoms with Gasteiger partial charge in [-0.3, -0.25) is 9.59 Å². The summed E-state index contributed by atoms with van der Waals surface area (Å²) in [6.45, 7) is 4.58. The van der Waals surface area contributed by atoms with Gasteiger partial charge >= 0.3 is 11.9 Å². The molecule has 0 radical (unpaired) electrons. The number of aliphatic carboxylic acids is 2. The highest BCUT2D eigenvalue weighted by atomic mass is 16.4. The third-order valence-corrected chi connectivity index (χ3v) is 10.3. The van der Waals surface area contributed by atoms with Crippen LogP contribution in [-0.4, -0.2) is 44.6 Å². The fourth-order valence-corrected chi connectivity index (χ4v) is 8.51. The first-order valence-electron chi connectivity index (χ1n) is 11.9. The Labute approximate surface area is 179 Å². The zero-order valence-corrected chi connectivity index (χ0v) is 18.3. The monoisotopic (exact) mass is 422 g/mol. The summed E-state index contributed by atoms with van der Waals surface area (Å²) in [5.41, 5.74) is -0.0552. The summed E-state index contributed by atoms with van der Waals surface area (Å²) in [6.07, 6.45) is 7.99. The molecule has 6 heteroatoms. The molecule has 30 heavy (non-hydrogen) atoms. The number of carboxylic acid groups (broad SMARTS) is 2. The molecule has 7 unspecified atom stereocenters. The van der Waals surface area contributed by atoms with Crippen LogP contribution in [0.15, 0.2) is 0 Å². The van der Waals surface area contributed by atoms with Crippen molar-refractivity contribution in [1.82, 2.24) is 0 Å². The zero-order valence-electron chi connectivity index (χ0n) is 18.3. The molecule has 170 valence electrons. The van der Waals surface area contributed by atoms with Crippen molar-refractivity contribution in [3.63, 3.8) is 0 Å². The average Bonchev–Trinajstić information content (AvgIpc) is 3.01. The smallest absolute Gasteiger partial charge is 0.317 e. The molecule has 4 aliphatic carbocycles. The molecule has 0 aromatic heterocycles. The molecule has 0 bridgehead atoms. The van der Waals surface area contributed by atoms with E-state index in [9.17, 15) is 30.0 Å². The maximum atomic E-state index is 11.4. The van der Waals surface area contributed by atoms with Gasteiger partial charge in [0, 0.05) is 0 Å². The van der Waals surface area contributed by atoms with Crippen LogP contribution in [-0.2, 0) is 9.59 Å². The Bertz CT molecular complexity index is 679. The number of hydrogen-bond donors (Lipinski definition) is 4. The van der Waals surface area contributed by atoms with Crippen LogP contribution >= 0.6 is 0 Å². The van der Waals surface area contributed by atoms with Crippen LogP contribution in [0.25, 0.3) is 0 Å². The first-order valence-corrected chi connectivity index (χ1v) is 11.9. The summed E-state index contributed by atoms with van der Waals surface area (Å²) in [5, 5.41) is 40.1. The van der Waals surface area contributed by atoms with Crippen molar-refractivity contribution in [2.24, 2.45) is 46.3 Å². The summed E-state index contributed by atoms with van der Waals surface area (Å²) < 4.78 is 0.